The average molecular weight is 369 g/mol. The molecule has 146 valence electrons. The van der Waals surface area contributed by atoms with E-state index in [4.69, 9.17) is 4.74 Å². The third-order valence-corrected chi connectivity index (χ3v) is 4.17. The van der Waals surface area contributed by atoms with Crippen LogP contribution in [0.4, 0.5) is 0 Å². The SMILES string of the molecule is CN=C(NCc1ccc(OCCCN(C)C)cc1)NCc1cccc(C)c1. The Kier molecular flexibility index (Phi) is 8.65. The van der Waals surface area contributed by atoms with Crippen molar-refractivity contribution < 1.29 is 4.74 Å². The van der Waals surface area contributed by atoms with Crippen LogP contribution in [0.25, 0.3) is 0 Å². The highest BCUT2D eigenvalue weighted by Gasteiger charge is 2.01. The molecule has 2 aromatic rings. The molecule has 2 rings (SSSR count). The van der Waals surface area contributed by atoms with E-state index >= 15 is 0 Å². The van der Waals surface area contributed by atoms with Crippen LogP contribution in [0.2, 0.25) is 0 Å². The first-order valence-corrected chi connectivity index (χ1v) is 9.43. The lowest BCUT2D eigenvalue weighted by molar-refractivity contribution is 0.281. The molecule has 27 heavy (non-hydrogen) atoms. The van der Waals surface area contributed by atoms with Crippen LogP contribution in [0.15, 0.2) is 53.5 Å². The molecule has 0 unspecified atom stereocenters. The highest BCUT2D eigenvalue weighted by Crippen LogP contribution is 2.12. The minimum Gasteiger partial charge on any atom is -0.494 e. The van der Waals surface area contributed by atoms with E-state index in [0.717, 1.165) is 37.8 Å². The first-order chi connectivity index (χ1) is 13.1. The number of aryl methyl sites for hydroxylation is 1. The van der Waals surface area contributed by atoms with Gasteiger partial charge in [-0.25, -0.2) is 0 Å². The van der Waals surface area contributed by atoms with Crippen LogP contribution >= 0.6 is 0 Å². The Morgan fingerprint density at radius 2 is 1.70 bits per heavy atom. The lowest BCUT2D eigenvalue weighted by Crippen LogP contribution is -2.36. The third-order valence-electron chi connectivity index (χ3n) is 4.17. The number of hydrogen-bond donors (Lipinski definition) is 2. The van der Waals surface area contributed by atoms with Gasteiger partial charge < -0.3 is 20.3 Å². The van der Waals surface area contributed by atoms with Crippen molar-refractivity contribution in [3.63, 3.8) is 0 Å². The molecule has 0 bridgehead atoms. The molecule has 0 saturated carbocycles. The van der Waals surface area contributed by atoms with Gasteiger partial charge in [0.15, 0.2) is 5.96 Å². The Labute approximate surface area is 163 Å². The molecule has 0 heterocycles. The second kappa shape index (κ2) is 11.2. The summed E-state index contributed by atoms with van der Waals surface area (Å²) < 4.78 is 5.77. The van der Waals surface area contributed by atoms with E-state index in [2.05, 4.69) is 77.9 Å². The molecule has 0 saturated heterocycles. The summed E-state index contributed by atoms with van der Waals surface area (Å²) in [7, 11) is 5.94. The summed E-state index contributed by atoms with van der Waals surface area (Å²) in [5.41, 5.74) is 3.70. The van der Waals surface area contributed by atoms with Gasteiger partial charge in [-0.05, 0) is 50.7 Å². The smallest absolute Gasteiger partial charge is 0.191 e. The molecule has 0 aliphatic heterocycles. The molecule has 2 aromatic carbocycles. The van der Waals surface area contributed by atoms with Gasteiger partial charge in [0.05, 0.1) is 6.61 Å². The van der Waals surface area contributed by atoms with E-state index in [1.165, 1.54) is 16.7 Å². The number of guanidine groups is 1. The first kappa shape index (κ1) is 20.8. The third kappa shape index (κ3) is 8.13. The van der Waals surface area contributed by atoms with Gasteiger partial charge in [-0.1, -0.05) is 42.0 Å². The number of aliphatic imine (C=N–C) groups is 1. The Morgan fingerprint density at radius 1 is 1.00 bits per heavy atom. The van der Waals surface area contributed by atoms with Crippen molar-refractivity contribution in [2.24, 2.45) is 4.99 Å². The van der Waals surface area contributed by atoms with Gasteiger partial charge in [0, 0.05) is 26.7 Å². The van der Waals surface area contributed by atoms with Crippen LogP contribution in [-0.2, 0) is 13.1 Å². The molecule has 0 spiro atoms. The highest BCUT2D eigenvalue weighted by atomic mass is 16.5. The van der Waals surface area contributed by atoms with Crippen molar-refractivity contribution in [2.45, 2.75) is 26.4 Å². The van der Waals surface area contributed by atoms with Crippen molar-refractivity contribution in [2.75, 3.05) is 34.3 Å². The van der Waals surface area contributed by atoms with Crippen molar-refractivity contribution in [3.8, 4) is 5.75 Å². The predicted molar refractivity (Wildman–Crippen MR) is 113 cm³/mol. The Hall–Kier alpha value is -2.53. The van der Waals surface area contributed by atoms with E-state index < -0.39 is 0 Å². The normalized spacial score (nSPS) is 11.5. The monoisotopic (exact) mass is 368 g/mol. The summed E-state index contributed by atoms with van der Waals surface area (Å²) in [6, 6.07) is 16.7. The van der Waals surface area contributed by atoms with E-state index in [-0.39, 0.29) is 0 Å². The molecule has 0 fully saturated rings. The number of rotatable bonds is 9. The summed E-state index contributed by atoms with van der Waals surface area (Å²) in [6.45, 7) is 5.35. The van der Waals surface area contributed by atoms with Gasteiger partial charge >= 0.3 is 0 Å². The summed E-state index contributed by atoms with van der Waals surface area (Å²) >= 11 is 0. The zero-order valence-corrected chi connectivity index (χ0v) is 17.0. The van der Waals surface area contributed by atoms with E-state index in [1.54, 1.807) is 7.05 Å². The maximum Gasteiger partial charge on any atom is 0.191 e. The van der Waals surface area contributed by atoms with Gasteiger partial charge in [0.25, 0.3) is 0 Å². The Bertz CT molecular complexity index is 711. The molecule has 5 heteroatoms. The summed E-state index contributed by atoms with van der Waals surface area (Å²) in [5, 5.41) is 6.70. The number of nitrogens with one attached hydrogen (secondary N) is 2. The van der Waals surface area contributed by atoms with Crippen molar-refractivity contribution in [1.29, 1.82) is 0 Å². The van der Waals surface area contributed by atoms with Crippen LogP contribution in [0, 0.1) is 6.92 Å². The van der Waals surface area contributed by atoms with Crippen LogP contribution in [0.1, 0.15) is 23.1 Å². The van der Waals surface area contributed by atoms with E-state index in [1.807, 2.05) is 12.1 Å². The summed E-state index contributed by atoms with van der Waals surface area (Å²) in [6.07, 6.45) is 1.03. The highest BCUT2D eigenvalue weighted by molar-refractivity contribution is 5.79. The number of nitrogens with zero attached hydrogens (tertiary/aromatic N) is 2. The molecule has 0 radical (unpaired) electrons. The topological polar surface area (TPSA) is 48.9 Å². The van der Waals surface area contributed by atoms with Gasteiger partial charge in [0.2, 0.25) is 0 Å². The zero-order valence-electron chi connectivity index (χ0n) is 17.0. The fraction of sp³-hybridized carbons (Fsp3) is 0.409. The number of hydrogen-bond acceptors (Lipinski definition) is 3. The molecule has 0 aromatic heterocycles. The molecule has 0 atom stereocenters. The van der Waals surface area contributed by atoms with Crippen LogP contribution < -0.4 is 15.4 Å². The van der Waals surface area contributed by atoms with E-state index in [9.17, 15) is 0 Å². The first-order valence-electron chi connectivity index (χ1n) is 9.43. The van der Waals surface area contributed by atoms with Crippen molar-refractivity contribution >= 4 is 5.96 Å². The molecular formula is C22H32N4O. The van der Waals surface area contributed by atoms with E-state index in [0.29, 0.717) is 6.54 Å². The molecule has 0 aliphatic carbocycles. The molecule has 0 amide bonds. The zero-order chi connectivity index (χ0) is 19.5. The van der Waals surface area contributed by atoms with Gasteiger partial charge in [-0.15, -0.1) is 0 Å². The quantitative estimate of drug-likeness (QED) is 0.405. The van der Waals surface area contributed by atoms with Crippen LogP contribution in [0.5, 0.6) is 5.75 Å². The number of ether oxygens (including phenoxy) is 1. The van der Waals surface area contributed by atoms with Crippen LogP contribution in [0.3, 0.4) is 0 Å². The lowest BCUT2D eigenvalue weighted by atomic mass is 10.1. The Morgan fingerprint density at radius 3 is 2.33 bits per heavy atom. The average Bonchev–Trinajstić information content (AvgIpc) is 2.66. The molecular weight excluding hydrogens is 336 g/mol. The maximum absolute atomic E-state index is 5.77. The lowest BCUT2D eigenvalue weighted by Gasteiger charge is -2.13. The van der Waals surface area contributed by atoms with Gasteiger partial charge in [0.1, 0.15) is 5.75 Å². The minimum absolute atomic E-state index is 0.717. The second-order valence-electron chi connectivity index (χ2n) is 6.92. The van der Waals surface area contributed by atoms with Gasteiger partial charge in [-0.3, -0.25) is 4.99 Å². The second-order valence-corrected chi connectivity index (χ2v) is 6.92. The molecule has 0 aliphatic rings. The minimum atomic E-state index is 0.717. The standard InChI is InChI=1S/C22H32N4O/c1-18-7-5-8-20(15-18)17-25-22(23-2)24-16-19-9-11-21(12-10-19)27-14-6-13-26(3)4/h5,7-12,15H,6,13-14,16-17H2,1-4H3,(H2,23,24,25). The number of benzene rings is 2. The van der Waals surface area contributed by atoms with Crippen LogP contribution in [-0.4, -0.2) is 45.2 Å². The predicted octanol–water partition coefficient (Wildman–Crippen LogP) is 3.19. The van der Waals surface area contributed by atoms with Crippen molar-refractivity contribution in [3.05, 3.63) is 65.2 Å². The Balaban J connectivity index is 1.74. The molecule has 5 nitrogen and oxygen atoms in total. The summed E-state index contributed by atoms with van der Waals surface area (Å²) in [4.78, 5) is 6.45. The molecule has 2 N–H and O–H groups in total. The summed E-state index contributed by atoms with van der Waals surface area (Å²) in [5.74, 6) is 1.71. The fourth-order valence-electron chi connectivity index (χ4n) is 2.69. The van der Waals surface area contributed by atoms with Gasteiger partial charge in [-0.2, -0.15) is 0 Å². The maximum atomic E-state index is 5.77. The largest absolute Gasteiger partial charge is 0.494 e. The fourth-order valence-corrected chi connectivity index (χ4v) is 2.69. The van der Waals surface area contributed by atoms with Crippen molar-refractivity contribution in [1.82, 2.24) is 15.5 Å².